The second kappa shape index (κ2) is 14.4. The maximum atomic E-state index is 14.6. The molecule has 0 aliphatic heterocycles. The van der Waals surface area contributed by atoms with Gasteiger partial charge in [0.25, 0.3) is 0 Å². The average molecular weight is 511 g/mol. The Morgan fingerprint density at radius 2 is 1.50 bits per heavy atom. The van der Waals surface area contributed by atoms with Crippen molar-refractivity contribution in [1.82, 2.24) is 10.2 Å². The average Bonchev–Trinajstić information content (AvgIpc) is 2.89. The van der Waals surface area contributed by atoms with Gasteiger partial charge in [-0.1, -0.05) is 80.1 Å². The van der Waals surface area contributed by atoms with Crippen LogP contribution in [0.5, 0.6) is 0 Å². The highest BCUT2D eigenvalue weighted by Gasteiger charge is 2.30. The third-order valence-corrected chi connectivity index (χ3v) is 6.81. The number of nitrogens with zero attached hydrogens (tertiary/aromatic N) is 1. The van der Waals surface area contributed by atoms with Crippen LogP contribution in [0.25, 0.3) is 0 Å². The van der Waals surface area contributed by atoms with Crippen molar-refractivity contribution in [3.05, 3.63) is 107 Å². The fourth-order valence-electron chi connectivity index (χ4n) is 3.82. The van der Waals surface area contributed by atoms with Crippen molar-refractivity contribution in [1.29, 1.82) is 0 Å². The summed E-state index contributed by atoms with van der Waals surface area (Å²) < 4.78 is 28.6. The van der Waals surface area contributed by atoms with Crippen molar-refractivity contribution in [2.75, 3.05) is 12.3 Å². The van der Waals surface area contributed by atoms with Gasteiger partial charge in [0, 0.05) is 30.8 Å². The summed E-state index contributed by atoms with van der Waals surface area (Å²) in [6.45, 7) is 2.50. The number of hydrogen-bond acceptors (Lipinski definition) is 3. The van der Waals surface area contributed by atoms with E-state index < -0.39 is 11.9 Å². The molecule has 0 aliphatic rings. The molecule has 3 aromatic rings. The number of thioether (sulfide) groups is 1. The number of amides is 2. The van der Waals surface area contributed by atoms with E-state index in [4.69, 9.17) is 0 Å². The molecule has 0 aromatic heterocycles. The SMILES string of the molecule is CCCCNC(=O)C(Cc1ccccc1)N(Cc1ccccc1F)C(=O)CSCc1ccccc1F. The smallest absolute Gasteiger partial charge is 0.243 e. The summed E-state index contributed by atoms with van der Waals surface area (Å²) in [5.74, 6) is -0.965. The molecule has 2 amide bonds. The quantitative estimate of drug-likeness (QED) is 0.298. The van der Waals surface area contributed by atoms with E-state index in [2.05, 4.69) is 5.32 Å². The molecular formula is C29H32F2N2O2S. The summed E-state index contributed by atoms with van der Waals surface area (Å²) in [6.07, 6.45) is 2.05. The highest BCUT2D eigenvalue weighted by atomic mass is 32.2. The molecule has 3 aromatic carbocycles. The van der Waals surface area contributed by atoms with Crippen molar-refractivity contribution >= 4 is 23.6 Å². The van der Waals surface area contributed by atoms with E-state index in [0.717, 1.165) is 18.4 Å². The second-order valence-corrected chi connectivity index (χ2v) is 9.53. The third kappa shape index (κ3) is 8.19. The molecule has 1 N–H and O–H groups in total. The van der Waals surface area contributed by atoms with E-state index >= 15 is 0 Å². The van der Waals surface area contributed by atoms with Gasteiger partial charge in [-0.15, -0.1) is 11.8 Å². The largest absolute Gasteiger partial charge is 0.354 e. The number of carbonyl (C=O) groups is 2. The fourth-order valence-corrected chi connectivity index (χ4v) is 4.71. The Bertz CT molecular complexity index is 1130. The van der Waals surface area contributed by atoms with Gasteiger partial charge in [-0.05, 0) is 29.7 Å². The maximum Gasteiger partial charge on any atom is 0.243 e. The molecule has 0 saturated carbocycles. The molecule has 0 saturated heterocycles. The van der Waals surface area contributed by atoms with Crippen LogP contribution in [0.15, 0.2) is 78.9 Å². The standard InChI is InChI=1S/C29H32F2N2O2S/c1-2-3-17-32-29(35)27(18-22-11-5-4-6-12-22)33(19-23-13-7-9-15-25(23)30)28(34)21-36-20-24-14-8-10-16-26(24)31/h4-16,27H,2-3,17-21H2,1H3,(H,32,35). The van der Waals surface area contributed by atoms with Crippen LogP contribution in [0, 0.1) is 11.6 Å². The van der Waals surface area contributed by atoms with Gasteiger partial charge in [0.2, 0.25) is 11.8 Å². The molecule has 7 heteroatoms. The normalized spacial score (nSPS) is 11.6. The number of carbonyl (C=O) groups excluding carboxylic acids is 2. The molecule has 3 rings (SSSR count). The topological polar surface area (TPSA) is 49.4 Å². The van der Waals surface area contributed by atoms with Crippen LogP contribution < -0.4 is 5.32 Å². The number of hydrogen-bond donors (Lipinski definition) is 1. The van der Waals surface area contributed by atoms with E-state index in [1.807, 2.05) is 37.3 Å². The van der Waals surface area contributed by atoms with Gasteiger partial charge >= 0.3 is 0 Å². The lowest BCUT2D eigenvalue weighted by molar-refractivity contribution is -0.139. The van der Waals surface area contributed by atoms with Gasteiger partial charge in [-0.2, -0.15) is 0 Å². The molecule has 4 nitrogen and oxygen atoms in total. The Labute approximate surface area is 216 Å². The predicted octanol–water partition coefficient (Wildman–Crippen LogP) is 5.75. The van der Waals surface area contributed by atoms with Crippen molar-refractivity contribution in [3.63, 3.8) is 0 Å². The first-order chi connectivity index (χ1) is 17.5. The van der Waals surface area contributed by atoms with Gasteiger partial charge in [0.1, 0.15) is 17.7 Å². The maximum absolute atomic E-state index is 14.6. The van der Waals surface area contributed by atoms with Crippen molar-refractivity contribution in [2.45, 2.75) is 44.5 Å². The zero-order valence-electron chi connectivity index (χ0n) is 20.5. The minimum atomic E-state index is -0.814. The van der Waals surface area contributed by atoms with Crippen LogP contribution in [0.3, 0.4) is 0 Å². The molecule has 0 spiro atoms. The first-order valence-corrected chi connectivity index (χ1v) is 13.3. The van der Waals surface area contributed by atoms with Gasteiger partial charge in [0.05, 0.1) is 5.75 Å². The van der Waals surface area contributed by atoms with Crippen LogP contribution in [-0.2, 0) is 28.3 Å². The molecule has 0 heterocycles. The second-order valence-electron chi connectivity index (χ2n) is 8.55. The monoisotopic (exact) mass is 510 g/mol. The van der Waals surface area contributed by atoms with Gasteiger partial charge in [-0.3, -0.25) is 9.59 Å². The zero-order valence-corrected chi connectivity index (χ0v) is 21.3. The fraction of sp³-hybridized carbons (Fsp3) is 0.310. The van der Waals surface area contributed by atoms with Crippen LogP contribution in [0.4, 0.5) is 8.78 Å². The van der Waals surface area contributed by atoms with Gasteiger partial charge in [0.15, 0.2) is 0 Å². The number of halogens is 2. The molecule has 0 fully saturated rings. The highest BCUT2D eigenvalue weighted by molar-refractivity contribution is 7.99. The molecular weight excluding hydrogens is 478 g/mol. The number of benzene rings is 3. The van der Waals surface area contributed by atoms with E-state index in [0.29, 0.717) is 29.8 Å². The lowest BCUT2D eigenvalue weighted by atomic mass is 10.0. The first-order valence-electron chi connectivity index (χ1n) is 12.1. The van der Waals surface area contributed by atoms with Crippen LogP contribution in [0.2, 0.25) is 0 Å². The Morgan fingerprint density at radius 1 is 0.889 bits per heavy atom. The Balaban J connectivity index is 1.85. The minimum absolute atomic E-state index is 0.0372. The molecule has 0 aliphatic carbocycles. The summed E-state index contributed by atoms with van der Waals surface area (Å²) in [4.78, 5) is 28.3. The molecule has 1 unspecified atom stereocenters. The van der Waals surface area contributed by atoms with Crippen molar-refractivity contribution in [3.8, 4) is 0 Å². The predicted molar refractivity (Wildman–Crippen MR) is 141 cm³/mol. The highest BCUT2D eigenvalue weighted by Crippen LogP contribution is 2.20. The summed E-state index contributed by atoms with van der Waals surface area (Å²) >= 11 is 1.27. The Hall–Kier alpha value is -3.19. The third-order valence-electron chi connectivity index (χ3n) is 5.84. The lowest BCUT2D eigenvalue weighted by Gasteiger charge is -2.31. The van der Waals surface area contributed by atoms with E-state index in [-0.39, 0.29) is 29.9 Å². The zero-order chi connectivity index (χ0) is 25.8. The van der Waals surface area contributed by atoms with Gasteiger partial charge in [-0.25, -0.2) is 8.78 Å². The summed E-state index contributed by atoms with van der Waals surface area (Å²) in [5.41, 5.74) is 1.75. The first kappa shape index (κ1) is 27.4. The summed E-state index contributed by atoms with van der Waals surface area (Å²) in [7, 11) is 0. The molecule has 190 valence electrons. The Morgan fingerprint density at radius 3 is 2.14 bits per heavy atom. The summed E-state index contributed by atoms with van der Waals surface area (Å²) in [6, 6.07) is 21.4. The molecule has 36 heavy (non-hydrogen) atoms. The molecule has 0 radical (unpaired) electrons. The molecule has 1 atom stereocenters. The van der Waals surface area contributed by atoms with Gasteiger partial charge < -0.3 is 10.2 Å². The van der Waals surface area contributed by atoms with Crippen LogP contribution >= 0.6 is 11.8 Å². The van der Waals surface area contributed by atoms with Crippen LogP contribution in [-0.4, -0.2) is 35.1 Å². The number of rotatable bonds is 13. The number of unbranched alkanes of at least 4 members (excludes halogenated alkanes) is 1. The van der Waals surface area contributed by atoms with Crippen molar-refractivity contribution in [2.24, 2.45) is 0 Å². The number of nitrogens with one attached hydrogen (secondary N) is 1. The van der Waals surface area contributed by atoms with E-state index in [1.165, 1.54) is 28.8 Å². The minimum Gasteiger partial charge on any atom is -0.354 e. The van der Waals surface area contributed by atoms with E-state index in [9.17, 15) is 18.4 Å². The van der Waals surface area contributed by atoms with Crippen LogP contribution in [0.1, 0.15) is 36.5 Å². The summed E-state index contributed by atoms with van der Waals surface area (Å²) in [5, 5.41) is 2.95. The lowest BCUT2D eigenvalue weighted by Crippen LogP contribution is -2.51. The Kier molecular flexibility index (Phi) is 11.0. The molecule has 0 bridgehead atoms. The van der Waals surface area contributed by atoms with E-state index in [1.54, 1.807) is 36.4 Å². The van der Waals surface area contributed by atoms with Crippen molar-refractivity contribution < 1.29 is 18.4 Å².